The maximum Gasteiger partial charge on any atom is 0.246 e. The summed E-state index contributed by atoms with van der Waals surface area (Å²) in [7, 11) is 1.46. The second-order valence-electron chi connectivity index (χ2n) is 4.46. The van der Waals surface area contributed by atoms with Crippen molar-refractivity contribution in [2.24, 2.45) is 0 Å². The third-order valence-electron chi connectivity index (χ3n) is 3.20. The summed E-state index contributed by atoms with van der Waals surface area (Å²) in [6.45, 7) is 1.77. The van der Waals surface area contributed by atoms with Crippen molar-refractivity contribution in [2.45, 2.75) is 25.4 Å². The van der Waals surface area contributed by atoms with Gasteiger partial charge >= 0.3 is 0 Å². The molecule has 1 heterocycles. The van der Waals surface area contributed by atoms with Gasteiger partial charge < -0.3 is 0 Å². The number of carbonyl (C=O) groups is 2. The zero-order chi connectivity index (χ0) is 13.3. The van der Waals surface area contributed by atoms with E-state index in [1.54, 1.807) is 25.1 Å². The molecule has 1 aromatic carbocycles. The van der Waals surface area contributed by atoms with E-state index in [9.17, 15) is 14.0 Å². The maximum atomic E-state index is 13.6. The van der Waals surface area contributed by atoms with Crippen molar-refractivity contribution in [3.05, 3.63) is 35.6 Å². The third-order valence-corrected chi connectivity index (χ3v) is 3.20. The molecule has 2 atom stereocenters. The van der Waals surface area contributed by atoms with Gasteiger partial charge in [-0.05, 0) is 13.0 Å². The molecule has 1 unspecified atom stereocenters. The fraction of sp³-hybridized carbons (Fsp3) is 0.385. The summed E-state index contributed by atoms with van der Waals surface area (Å²) in [5.74, 6) is -0.788. The van der Waals surface area contributed by atoms with Gasteiger partial charge in [0.2, 0.25) is 11.8 Å². The van der Waals surface area contributed by atoms with Gasteiger partial charge in [-0.3, -0.25) is 19.8 Å². The van der Waals surface area contributed by atoms with Crippen LogP contribution in [0.15, 0.2) is 24.3 Å². The topological polar surface area (TPSA) is 49.4 Å². The molecule has 0 radical (unpaired) electrons. The van der Waals surface area contributed by atoms with Crippen molar-refractivity contribution < 1.29 is 14.0 Å². The van der Waals surface area contributed by atoms with Gasteiger partial charge in [0, 0.05) is 18.7 Å². The first-order valence-corrected chi connectivity index (χ1v) is 5.81. The molecule has 0 aromatic heterocycles. The summed E-state index contributed by atoms with van der Waals surface area (Å²) >= 11 is 0. The molecule has 1 saturated heterocycles. The van der Waals surface area contributed by atoms with Crippen LogP contribution in [-0.4, -0.2) is 29.8 Å². The van der Waals surface area contributed by atoms with Crippen molar-refractivity contribution >= 4 is 11.8 Å². The molecule has 1 aliphatic rings. The van der Waals surface area contributed by atoms with Crippen LogP contribution < -0.4 is 5.32 Å². The number of imide groups is 1. The Kier molecular flexibility index (Phi) is 3.43. The van der Waals surface area contributed by atoms with Gasteiger partial charge in [-0.1, -0.05) is 18.2 Å². The summed E-state index contributed by atoms with van der Waals surface area (Å²) < 4.78 is 13.6. The van der Waals surface area contributed by atoms with Gasteiger partial charge in [0.1, 0.15) is 5.82 Å². The highest BCUT2D eigenvalue weighted by Crippen LogP contribution is 2.19. The average molecular weight is 250 g/mol. The molecular formula is C13H15FN2O2. The van der Waals surface area contributed by atoms with E-state index in [0.29, 0.717) is 5.56 Å². The highest BCUT2D eigenvalue weighted by atomic mass is 19.1. The fourth-order valence-corrected chi connectivity index (χ4v) is 2.10. The number of hydrogen-bond acceptors (Lipinski definition) is 3. The van der Waals surface area contributed by atoms with Crippen LogP contribution in [0.4, 0.5) is 4.39 Å². The monoisotopic (exact) mass is 250 g/mol. The quantitative estimate of drug-likeness (QED) is 0.821. The number of amides is 2. The minimum absolute atomic E-state index is 0.133. The first kappa shape index (κ1) is 12.7. The normalized spacial score (nSPS) is 21.5. The molecule has 2 amide bonds. The molecule has 1 aromatic rings. The Hall–Kier alpha value is -1.75. The van der Waals surface area contributed by atoms with Crippen LogP contribution in [0.5, 0.6) is 0 Å². The molecule has 1 N–H and O–H groups in total. The lowest BCUT2D eigenvalue weighted by Crippen LogP contribution is -2.38. The van der Waals surface area contributed by atoms with E-state index in [1.807, 2.05) is 0 Å². The molecule has 18 heavy (non-hydrogen) atoms. The van der Waals surface area contributed by atoms with E-state index < -0.39 is 6.04 Å². The molecule has 96 valence electrons. The average Bonchev–Trinajstić information content (AvgIpc) is 2.57. The van der Waals surface area contributed by atoms with Gasteiger partial charge in [0.05, 0.1) is 12.5 Å². The predicted octanol–water partition coefficient (Wildman–Crippen LogP) is 1.23. The number of nitrogens with one attached hydrogen (secondary N) is 1. The van der Waals surface area contributed by atoms with Crippen LogP contribution in [0.2, 0.25) is 0 Å². The Bertz CT molecular complexity index is 490. The van der Waals surface area contributed by atoms with Crippen LogP contribution >= 0.6 is 0 Å². The van der Waals surface area contributed by atoms with Gasteiger partial charge in [0.25, 0.3) is 0 Å². The summed E-state index contributed by atoms with van der Waals surface area (Å²) in [6.07, 6.45) is 0.133. The Morgan fingerprint density at radius 3 is 2.61 bits per heavy atom. The summed E-state index contributed by atoms with van der Waals surface area (Å²) in [6, 6.07) is 5.52. The fourth-order valence-electron chi connectivity index (χ4n) is 2.10. The number of halogens is 1. The van der Waals surface area contributed by atoms with E-state index in [4.69, 9.17) is 0 Å². The zero-order valence-corrected chi connectivity index (χ0v) is 10.3. The van der Waals surface area contributed by atoms with E-state index in [-0.39, 0.29) is 30.1 Å². The second-order valence-corrected chi connectivity index (χ2v) is 4.46. The molecular weight excluding hydrogens is 235 g/mol. The third kappa shape index (κ3) is 2.26. The van der Waals surface area contributed by atoms with Crippen molar-refractivity contribution in [3.8, 4) is 0 Å². The first-order chi connectivity index (χ1) is 8.50. The van der Waals surface area contributed by atoms with Crippen molar-refractivity contribution in [1.29, 1.82) is 0 Å². The van der Waals surface area contributed by atoms with Gasteiger partial charge in [0.15, 0.2) is 0 Å². The molecule has 0 aliphatic carbocycles. The van der Waals surface area contributed by atoms with E-state index >= 15 is 0 Å². The molecule has 0 bridgehead atoms. The summed E-state index contributed by atoms with van der Waals surface area (Å²) in [5.41, 5.74) is 0.493. The standard InChI is InChI=1S/C13H15FN2O2/c1-8(9-5-3-4-6-10(9)14)15-11-7-12(17)16(2)13(11)18/h3-6,8,11,15H,7H2,1-2H3/t8-,11?/m1/s1. The van der Waals surface area contributed by atoms with Crippen molar-refractivity contribution in [3.63, 3.8) is 0 Å². The van der Waals surface area contributed by atoms with Gasteiger partial charge in [-0.15, -0.1) is 0 Å². The molecule has 4 nitrogen and oxygen atoms in total. The van der Waals surface area contributed by atoms with Crippen LogP contribution in [0.3, 0.4) is 0 Å². The van der Waals surface area contributed by atoms with Crippen LogP contribution in [0.25, 0.3) is 0 Å². The summed E-state index contributed by atoms with van der Waals surface area (Å²) in [4.78, 5) is 24.2. The smallest absolute Gasteiger partial charge is 0.246 e. The SMILES string of the molecule is C[C@@H](NC1CC(=O)N(C)C1=O)c1ccccc1F. The molecule has 1 aliphatic heterocycles. The minimum atomic E-state index is -0.558. The lowest BCUT2D eigenvalue weighted by Gasteiger charge is -2.18. The number of carbonyl (C=O) groups excluding carboxylic acids is 2. The van der Waals surface area contributed by atoms with Gasteiger partial charge in [-0.25, -0.2) is 4.39 Å². The first-order valence-electron chi connectivity index (χ1n) is 5.81. The Morgan fingerprint density at radius 1 is 1.39 bits per heavy atom. The van der Waals surface area contributed by atoms with Crippen LogP contribution in [0.1, 0.15) is 24.9 Å². The largest absolute Gasteiger partial charge is 0.299 e. The van der Waals surface area contributed by atoms with Crippen molar-refractivity contribution in [2.75, 3.05) is 7.05 Å². The van der Waals surface area contributed by atoms with Crippen LogP contribution in [-0.2, 0) is 9.59 Å². The highest BCUT2D eigenvalue weighted by molar-refractivity contribution is 6.05. The molecule has 1 fully saturated rings. The number of benzene rings is 1. The van der Waals surface area contributed by atoms with Gasteiger partial charge in [-0.2, -0.15) is 0 Å². The van der Waals surface area contributed by atoms with E-state index in [2.05, 4.69) is 5.32 Å². The second kappa shape index (κ2) is 4.86. The Balaban J connectivity index is 2.09. The van der Waals surface area contributed by atoms with E-state index in [1.165, 1.54) is 13.1 Å². The number of likely N-dealkylation sites (N-methyl/N-ethyl adjacent to an activating group) is 1. The Labute approximate surface area is 105 Å². The summed E-state index contributed by atoms with van der Waals surface area (Å²) in [5, 5.41) is 2.99. The molecule has 5 heteroatoms. The molecule has 0 saturated carbocycles. The predicted molar refractivity (Wildman–Crippen MR) is 64.1 cm³/mol. The lowest BCUT2D eigenvalue weighted by atomic mass is 10.1. The Morgan fingerprint density at radius 2 is 2.06 bits per heavy atom. The number of nitrogens with zero attached hydrogens (tertiary/aromatic N) is 1. The number of hydrogen-bond donors (Lipinski definition) is 1. The zero-order valence-electron chi connectivity index (χ0n) is 10.3. The molecule has 0 spiro atoms. The highest BCUT2D eigenvalue weighted by Gasteiger charge is 2.36. The maximum absolute atomic E-state index is 13.6. The molecule has 2 rings (SSSR count). The van der Waals surface area contributed by atoms with E-state index in [0.717, 1.165) is 4.90 Å². The number of likely N-dealkylation sites (tertiary alicyclic amines) is 1. The lowest BCUT2D eigenvalue weighted by molar-refractivity contribution is -0.137. The minimum Gasteiger partial charge on any atom is -0.299 e. The van der Waals surface area contributed by atoms with Crippen LogP contribution in [0, 0.1) is 5.82 Å². The number of rotatable bonds is 3. The van der Waals surface area contributed by atoms with Crippen molar-refractivity contribution in [1.82, 2.24) is 10.2 Å².